The Balaban J connectivity index is 1.51. The summed E-state index contributed by atoms with van der Waals surface area (Å²) in [6, 6.07) is 12.6. The summed E-state index contributed by atoms with van der Waals surface area (Å²) >= 11 is 0. The summed E-state index contributed by atoms with van der Waals surface area (Å²) in [5.74, 6) is 2.40. The number of hydrogen-bond acceptors (Lipinski definition) is 7. The number of ether oxygens (including phenoxy) is 3. The van der Waals surface area contributed by atoms with E-state index in [0.717, 1.165) is 11.3 Å². The lowest BCUT2D eigenvalue weighted by atomic mass is 10.1. The second-order valence-corrected chi connectivity index (χ2v) is 8.20. The van der Waals surface area contributed by atoms with E-state index in [-0.39, 0.29) is 37.5 Å². The first-order valence-corrected chi connectivity index (χ1v) is 11.7. The normalized spacial score (nSPS) is 12.1. The molecule has 0 saturated heterocycles. The summed E-state index contributed by atoms with van der Waals surface area (Å²) in [7, 11) is 0. The number of nitrogens with zero attached hydrogens (tertiary/aromatic N) is 2. The van der Waals surface area contributed by atoms with Gasteiger partial charge in [0.2, 0.25) is 12.7 Å². The van der Waals surface area contributed by atoms with E-state index in [1.165, 1.54) is 11.2 Å². The van der Waals surface area contributed by atoms with Crippen molar-refractivity contribution >= 4 is 11.8 Å². The third-order valence-corrected chi connectivity index (χ3v) is 5.57. The minimum absolute atomic E-state index is 0.101. The van der Waals surface area contributed by atoms with Crippen molar-refractivity contribution in [1.82, 2.24) is 9.80 Å². The average Bonchev–Trinajstić information content (AvgIpc) is 3.62. The fraction of sp³-hybridized carbons (Fsp3) is 0.385. The molecule has 186 valence electrons. The smallest absolute Gasteiger partial charge is 0.290 e. The van der Waals surface area contributed by atoms with Crippen LogP contribution in [0.5, 0.6) is 11.5 Å². The maximum absolute atomic E-state index is 13.5. The van der Waals surface area contributed by atoms with Gasteiger partial charge < -0.3 is 32.8 Å². The molecule has 4 rings (SSSR count). The molecule has 1 aliphatic rings. The topological polar surface area (TPSA) is 94.6 Å². The molecule has 1 aliphatic heterocycles. The number of aryl methyl sites for hydroxylation is 1. The SMILES string of the molecule is CCOCCCN(CC(=O)N(Cc1ccc2c(c1)OCO2)Cc1ccc(C)o1)C(=O)c1ccco1. The van der Waals surface area contributed by atoms with Gasteiger partial charge in [0.1, 0.15) is 18.1 Å². The Morgan fingerprint density at radius 2 is 1.89 bits per heavy atom. The van der Waals surface area contributed by atoms with Crippen LogP contribution >= 0.6 is 0 Å². The molecule has 9 heteroatoms. The van der Waals surface area contributed by atoms with Crippen molar-refractivity contribution in [3.63, 3.8) is 0 Å². The Morgan fingerprint density at radius 1 is 1.03 bits per heavy atom. The van der Waals surface area contributed by atoms with Crippen molar-refractivity contribution in [1.29, 1.82) is 0 Å². The average molecular weight is 483 g/mol. The van der Waals surface area contributed by atoms with Gasteiger partial charge in [0.15, 0.2) is 17.3 Å². The van der Waals surface area contributed by atoms with Gasteiger partial charge in [-0.25, -0.2) is 0 Å². The zero-order chi connectivity index (χ0) is 24.6. The number of fused-ring (bicyclic) bond motifs is 1. The molecule has 0 aliphatic carbocycles. The molecule has 0 fully saturated rings. The summed E-state index contributed by atoms with van der Waals surface area (Å²) in [4.78, 5) is 29.8. The zero-order valence-electron chi connectivity index (χ0n) is 20.0. The minimum Gasteiger partial charge on any atom is -0.464 e. The largest absolute Gasteiger partial charge is 0.464 e. The Labute approximate surface area is 204 Å². The Hall–Kier alpha value is -3.72. The standard InChI is InChI=1S/C26H30N2O7/c1-3-31-12-5-11-27(26(30)23-6-4-13-32-23)17-25(29)28(16-21-9-7-19(2)35-21)15-20-8-10-22-24(14-20)34-18-33-22/h4,6-10,13-14H,3,5,11-12,15-18H2,1-2H3. The highest BCUT2D eigenvalue weighted by atomic mass is 16.7. The van der Waals surface area contributed by atoms with Gasteiger partial charge in [-0.2, -0.15) is 0 Å². The number of carbonyl (C=O) groups is 2. The highest BCUT2D eigenvalue weighted by Gasteiger charge is 2.25. The fourth-order valence-corrected chi connectivity index (χ4v) is 3.82. The van der Waals surface area contributed by atoms with Crippen molar-refractivity contribution in [2.45, 2.75) is 33.4 Å². The predicted molar refractivity (Wildman–Crippen MR) is 126 cm³/mol. The maximum atomic E-state index is 13.5. The molecule has 2 amide bonds. The molecule has 0 unspecified atom stereocenters. The number of carbonyl (C=O) groups excluding carboxylic acids is 2. The fourth-order valence-electron chi connectivity index (χ4n) is 3.82. The first kappa shape index (κ1) is 24.4. The molecule has 0 radical (unpaired) electrons. The van der Waals surface area contributed by atoms with Crippen LogP contribution in [0, 0.1) is 6.92 Å². The number of furan rings is 2. The van der Waals surface area contributed by atoms with E-state index < -0.39 is 0 Å². The van der Waals surface area contributed by atoms with Gasteiger partial charge in [-0.3, -0.25) is 9.59 Å². The Kier molecular flexibility index (Phi) is 8.10. The highest BCUT2D eigenvalue weighted by Crippen LogP contribution is 2.33. The van der Waals surface area contributed by atoms with Gasteiger partial charge in [0.25, 0.3) is 5.91 Å². The monoisotopic (exact) mass is 482 g/mol. The summed E-state index contributed by atoms with van der Waals surface area (Å²) < 4.78 is 27.3. The predicted octanol–water partition coefficient (Wildman–Crippen LogP) is 4.01. The molecule has 0 spiro atoms. The molecule has 1 aromatic carbocycles. The summed E-state index contributed by atoms with van der Waals surface area (Å²) in [6.45, 7) is 5.89. The van der Waals surface area contributed by atoms with Gasteiger partial charge in [0, 0.05) is 26.3 Å². The van der Waals surface area contributed by atoms with E-state index in [4.69, 9.17) is 23.0 Å². The van der Waals surface area contributed by atoms with Crippen molar-refractivity contribution < 1.29 is 32.6 Å². The summed E-state index contributed by atoms with van der Waals surface area (Å²) in [6.07, 6.45) is 2.05. The molecule has 2 aromatic heterocycles. The van der Waals surface area contributed by atoms with Crippen molar-refractivity contribution in [2.75, 3.05) is 33.1 Å². The lowest BCUT2D eigenvalue weighted by Gasteiger charge is -2.27. The first-order chi connectivity index (χ1) is 17.0. The molecule has 3 aromatic rings. The minimum atomic E-state index is -0.336. The van der Waals surface area contributed by atoms with Crippen LogP contribution in [0.3, 0.4) is 0 Å². The quantitative estimate of drug-likeness (QED) is 0.360. The van der Waals surface area contributed by atoms with Crippen LogP contribution in [-0.2, 0) is 22.6 Å². The summed E-state index contributed by atoms with van der Waals surface area (Å²) in [5.41, 5.74) is 0.881. The van der Waals surface area contributed by atoms with E-state index in [2.05, 4.69) is 0 Å². The molecular formula is C26H30N2O7. The molecule has 0 bridgehead atoms. The molecule has 9 nitrogen and oxygen atoms in total. The van der Waals surface area contributed by atoms with Gasteiger partial charge in [-0.05, 0) is 62.2 Å². The third-order valence-electron chi connectivity index (χ3n) is 5.57. The van der Waals surface area contributed by atoms with Crippen LogP contribution in [0.4, 0.5) is 0 Å². The molecular weight excluding hydrogens is 452 g/mol. The molecule has 3 heterocycles. The Bertz CT molecular complexity index is 1120. The van der Waals surface area contributed by atoms with E-state index in [1.54, 1.807) is 17.0 Å². The van der Waals surface area contributed by atoms with Crippen molar-refractivity contribution in [3.8, 4) is 11.5 Å². The van der Waals surface area contributed by atoms with E-state index in [9.17, 15) is 9.59 Å². The van der Waals surface area contributed by atoms with Crippen LogP contribution in [0.25, 0.3) is 0 Å². The zero-order valence-corrected chi connectivity index (χ0v) is 20.0. The van der Waals surface area contributed by atoms with E-state index in [1.807, 2.05) is 44.2 Å². The summed E-state index contributed by atoms with van der Waals surface area (Å²) in [5, 5.41) is 0. The molecule has 0 N–H and O–H groups in total. The number of hydrogen-bond donors (Lipinski definition) is 0. The van der Waals surface area contributed by atoms with Crippen LogP contribution in [0.2, 0.25) is 0 Å². The second kappa shape index (κ2) is 11.6. The number of rotatable bonds is 12. The molecule has 35 heavy (non-hydrogen) atoms. The number of amides is 2. The third kappa shape index (κ3) is 6.45. The lowest BCUT2D eigenvalue weighted by Crippen LogP contribution is -2.43. The number of benzene rings is 1. The van der Waals surface area contributed by atoms with Crippen LogP contribution in [0.1, 0.15) is 41.0 Å². The highest BCUT2D eigenvalue weighted by molar-refractivity contribution is 5.94. The lowest BCUT2D eigenvalue weighted by molar-refractivity contribution is -0.133. The van der Waals surface area contributed by atoms with Gasteiger partial charge in [0.05, 0.1) is 12.8 Å². The van der Waals surface area contributed by atoms with E-state index >= 15 is 0 Å². The maximum Gasteiger partial charge on any atom is 0.290 e. The van der Waals surface area contributed by atoms with Crippen LogP contribution < -0.4 is 9.47 Å². The van der Waals surface area contributed by atoms with E-state index in [0.29, 0.717) is 50.0 Å². The van der Waals surface area contributed by atoms with Crippen molar-refractivity contribution in [2.24, 2.45) is 0 Å². The molecule has 0 saturated carbocycles. The van der Waals surface area contributed by atoms with Gasteiger partial charge >= 0.3 is 0 Å². The van der Waals surface area contributed by atoms with Gasteiger partial charge in [-0.15, -0.1) is 0 Å². The van der Waals surface area contributed by atoms with Crippen LogP contribution in [0.15, 0.2) is 57.6 Å². The Morgan fingerprint density at radius 3 is 2.63 bits per heavy atom. The van der Waals surface area contributed by atoms with Crippen LogP contribution in [-0.4, -0.2) is 54.7 Å². The van der Waals surface area contributed by atoms with Crippen molar-refractivity contribution in [3.05, 3.63) is 71.6 Å². The van der Waals surface area contributed by atoms with Gasteiger partial charge in [-0.1, -0.05) is 6.07 Å². The first-order valence-electron chi connectivity index (χ1n) is 11.7. The molecule has 0 atom stereocenters. The second-order valence-electron chi connectivity index (χ2n) is 8.20.